The highest BCUT2D eigenvalue weighted by Crippen LogP contribution is 2.27. The largest absolute Gasteiger partial charge is 0.493 e. The summed E-state index contributed by atoms with van der Waals surface area (Å²) >= 11 is 0. The molecule has 7 heteroatoms. The van der Waals surface area contributed by atoms with Crippen LogP contribution in [0.5, 0.6) is 11.5 Å². The van der Waals surface area contributed by atoms with Crippen molar-refractivity contribution in [2.24, 2.45) is 0 Å². The number of methoxy groups -OCH3 is 2. The number of carbonyl (C=O) groups is 1. The first-order chi connectivity index (χ1) is 13.6. The fourth-order valence-electron chi connectivity index (χ4n) is 2.56. The second-order valence-corrected chi connectivity index (χ2v) is 5.94. The van der Waals surface area contributed by atoms with E-state index in [1.54, 1.807) is 44.6 Å². The second kappa shape index (κ2) is 8.85. The molecule has 3 rings (SSSR count). The summed E-state index contributed by atoms with van der Waals surface area (Å²) < 4.78 is 23.4. The molecule has 1 heterocycles. The molecular weight excluding hydrogens is 361 g/mol. The van der Waals surface area contributed by atoms with Crippen LogP contribution in [-0.2, 0) is 6.54 Å². The number of nitrogens with one attached hydrogen (secondary N) is 2. The first kappa shape index (κ1) is 19.2. The zero-order chi connectivity index (χ0) is 19.9. The first-order valence-corrected chi connectivity index (χ1v) is 8.57. The molecule has 0 atom stereocenters. The highest BCUT2D eigenvalue weighted by molar-refractivity contribution is 5.94. The second-order valence-electron chi connectivity index (χ2n) is 5.94. The third-order valence-corrected chi connectivity index (χ3v) is 4.04. The van der Waals surface area contributed by atoms with E-state index in [2.05, 4.69) is 15.6 Å². The number of anilines is 2. The highest BCUT2D eigenvalue weighted by atomic mass is 19.1. The normalized spacial score (nSPS) is 10.2. The molecule has 3 aromatic rings. The van der Waals surface area contributed by atoms with Gasteiger partial charge >= 0.3 is 0 Å². The molecule has 0 aliphatic rings. The van der Waals surface area contributed by atoms with Crippen LogP contribution in [0.25, 0.3) is 0 Å². The van der Waals surface area contributed by atoms with Gasteiger partial charge in [-0.05, 0) is 54.1 Å². The Labute approximate surface area is 162 Å². The lowest BCUT2D eigenvalue weighted by Crippen LogP contribution is -2.23. The molecule has 28 heavy (non-hydrogen) atoms. The van der Waals surface area contributed by atoms with Crippen molar-refractivity contribution in [1.29, 1.82) is 0 Å². The zero-order valence-corrected chi connectivity index (χ0v) is 15.5. The minimum atomic E-state index is -0.306. The lowest BCUT2D eigenvalue weighted by atomic mass is 10.2. The number of benzene rings is 2. The SMILES string of the molecule is COc1ccc(CNC(=O)c2ccc(Nc3ccc(F)cc3)nc2)cc1OC. The summed E-state index contributed by atoms with van der Waals surface area (Å²) in [7, 11) is 3.13. The maximum Gasteiger partial charge on any atom is 0.253 e. The van der Waals surface area contributed by atoms with Crippen molar-refractivity contribution in [3.8, 4) is 11.5 Å². The number of ether oxygens (including phenoxy) is 2. The summed E-state index contributed by atoms with van der Waals surface area (Å²) in [6, 6.07) is 14.8. The van der Waals surface area contributed by atoms with Crippen LogP contribution in [0.3, 0.4) is 0 Å². The highest BCUT2D eigenvalue weighted by Gasteiger charge is 2.09. The number of carbonyl (C=O) groups excluding carboxylic acids is 1. The number of pyridine rings is 1. The van der Waals surface area contributed by atoms with Gasteiger partial charge in [-0.2, -0.15) is 0 Å². The first-order valence-electron chi connectivity index (χ1n) is 8.57. The maximum absolute atomic E-state index is 12.9. The molecule has 144 valence electrons. The van der Waals surface area contributed by atoms with E-state index in [0.717, 1.165) is 5.56 Å². The molecular formula is C21H20FN3O3. The van der Waals surface area contributed by atoms with Crippen molar-refractivity contribution in [2.45, 2.75) is 6.54 Å². The van der Waals surface area contributed by atoms with Gasteiger partial charge in [0.05, 0.1) is 19.8 Å². The number of rotatable bonds is 7. The standard InChI is InChI=1S/C21H20FN3O3/c1-27-18-9-3-14(11-19(18)28-2)12-24-21(26)15-4-10-20(23-13-15)25-17-7-5-16(22)6-8-17/h3-11,13H,12H2,1-2H3,(H,23,25)(H,24,26). The van der Waals surface area contributed by atoms with Gasteiger partial charge in [0.1, 0.15) is 11.6 Å². The van der Waals surface area contributed by atoms with Crippen molar-refractivity contribution in [1.82, 2.24) is 10.3 Å². The van der Waals surface area contributed by atoms with Crippen LogP contribution in [-0.4, -0.2) is 25.1 Å². The minimum Gasteiger partial charge on any atom is -0.493 e. The molecule has 6 nitrogen and oxygen atoms in total. The number of amides is 1. The Balaban J connectivity index is 1.59. The van der Waals surface area contributed by atoms with Gasteiger partial charge in [0.15, 0.2) is 11.5 Å². The lowest BCUT2D eigenvalue weighted by Gasteiger charge is -2.10. The molecule has 0 saturated carbocycles. The summed E-state index contributed by atoms with van der Waals surface area (Å²) in [5.41, 5.74) is 2.03. The molecule has 2 aromatic carbocycles. The molecule has 0 aliphatic heterocycles. The van der Waals surface area contributed by atoms with Gasteiger partial charge in [0.2, 0.25) is 0 Å². The molecule has 2 N–H and O–H groups in total. The fraction of sp³-hybridized carbons (Fsp3) is 0.143. The van der Waals surface area contributed by atoms with E-state index in [9.17, 15) is 9.18 Å². The Morgan fingerprint density at radius 3 is 2.39 bits per heavy atom. The Morgan fingerprint density at radius 2 is 1.75 bits per heavy atom. The minimum absolute atomic E-state index is 0.240. The summed E-state index contributed by atoms with van der Waals surface area (Å²) in [6.45, 7) is 0.342. The van der Waals surface area contributed by atoms with Crippen LogP contribution < -0.4 is 20.1 Å². The molecule has 0 unspecified atom stereocenters. The lowest BCUT2D eigenvalue weighted by molar-refractivity contribution is 0.0950. The van der Waals surface area contributed by atoms with E-state index in [1.807, 2.05) is 12.1 Å². The van der Waals surface area contributed by atoms with Gasteiger partial charge in [-0.15, -0.1) is 0 Å². The smallest absolute Gasteiger partial charge is 0.253 e. The Bertz CT molecular complexity index is 944. The van der Waals surface area contributed by atoms with Gasteiger partial charge in [0.25, 0.3) is 5.91 Å². The number of hydrogen-bond donors (Lipinski definition) is 2. The van der Waals surface area contributed by atoms with E-state index < -0.39 is 0 Å². The van der Waals surface area contributed by atoms with E-state index in [0.29, 0.717) is 35.1 Å². The number of halogens is 1. The molecule has 0 aliphatic carbocycles. The van der Waals surface area contributed by atoms with Crippen LogP contribution in [0.1, 0.15) is 15.9 Å². The fourth-order valence-corrected chi connectivity index (χ4v) is 2.56. The molecule has 0 fully saturated rings. The predicted octanol–water partition coefficient (Wildman–Crippen LogP) is 3.91. The van der Waals surface area contributed by atoms with Gasteiger partial charge < -0.3 is 20.1 Å². The third-order valence-electron chi connectivity index (χ3n) is 4.04. The van der Waals surface area contributed by atoms with Crippen molar-refractivity contribution < 1.29 is 18.7 Å². The van der Waals surface area contributed by atoms with Gasteiger partial charge in [-0.25, -0.2) is 9.37 Å². The molecule has 0 bridgehead atoms. The predicted molar refractivity (Wildman–Crippen MR) is 105 cm³/mol. The summed E-state index contributed by atoms with van der Waals surface area (Å²) in [6.07, 6.45) is 1.48. The third kappa shape index (κ3) is 4.76. The summed E-state index contributed by atoms with van der Waals surface area (Å²) in [5, 5.41) is 5.89. The van der Waals surface area contributed by atoms with Crippen molar-refractivity contribution in [3.05, 3.63) is 77.7 Å². The van der Waals surface area contributed by atoms with E-state index in [1.165, 1.54) is 18.3 Å². The summed E-state index contributed by atoms with van der Waals surface area (Å²) in [4.78, 5) is 16.6. The Hall–Kier alpha value is -3.61. The molecule has 0 saturated heterocycles. The Morgan fingerprint density at radius 1 is 1.00 bits per heavy atom. The molecule has 0 radical (unpaired) electrons. The quantitative estimate of drug-likeness (QED) is 0.649. The number of aromatic nitrogens is 1. The summed E-state index contributed by atoms with van der Waals surface area (Å²) in [5.74, 6) is 1.25. The van der Waals surface area contributed by atoms with Crippen molar-refractivity contribution >= 4 is 17.4 Å². The maximum atomic E-state index is 12.9. The van der Waals surface area contributed by atoms with Gasteiger partial charge in [0, 0.05) is 18.4 Å². The van der Waals surface area contributed by atoms with Crippen molar-refractivity contribution in [2.75, 3.05) is 19.5 Å². The average molecular weight is 381 g/mol. The molecule has 1 aromatic heterocycles. The van der Waals surface area contributed by atoms with Crippen LogP contribution in [0.4, 0.5) is 15.9 Å². The average Bonchev–Trinajstić information content (AvgIpc) is 2.74. The Kier molecular flexibility index (Phi) is 6.06. The van der Waals surface area contributed by atoms with Crippen LogP contribution in [0.2, 0.25) is 0 Å². The van der Waals surface area contributed by atoms with Gasteiger partial charge in [-0.3, -0.25) is 4.79 Å². The molecule has 0 spiro atoms. The van der Waals surface area contributed by atoms with E-state index >= 15 is 0 Å². The monoisotopic (exact) mass is 381 g/mol. The van der Waals surface area contributed by atoms with Crippen LogP contribution in [0, 0.1) is 5.82 Å². The van der Waals surface area contributed by atoms with E-state index in [4.69, 9.17) is 9.47 Å². The van der Waals surface area contributed by atoms with E-state index in [-0.39, 0.29) is 11.7 Å². The van der Waals surface area contributed by atoms with Crippen molar-refractivity contribution in [3.63, 3.8) is 0 Å². The van der Waals surface area contributed by atoms with Crippen LogP contribution >= 0.6 is 0 Å². The number of nitrogens with zero attached hydrogens (tertiary/aromatic N) is 1. The van der Waals surface area contributed by atoms with Crippen LogP contribution in [0.15, 0.2) is 60.8 Å². The number of hydrogen-bond acceptors (Lipinski definition) is 5. The molecule has 1 amide bonds. The zero-order valence-electron chi connectivity index (χ0n) is 15.5. The topological polar surface area (TPSA) is 72.5 Å². The van der Waals surface area contributed by atoms with Gasteiger partial charge in [-0.1, -0.05) is 6.07 Å².